The van der Waals surface area contributed by atoms with Gasteiger partial charge in [-0.3, -0.25) is 0 Å². The largest absolute Gasteiger partial charge is 0.497 e. The number of nitrogens with one attached hydrogen (secondary N) is 2. The smallest absolute Gasteiger partial charge is 0.456 e. The van der Waals surface area contributed by atoms with Crippen LogP contribution in [-0.2, 0) is 50.6 Å². The lowest BCUT2D eigenvalue weighted by molar-refractivity contribution is 0.00578. The first-order valence-electron chi connectivity index (χ1n) is 22.3. The van der Waals surface area contributed by atoms with E-state index in [1.165, 1.54) is 0 Å². The third-order valence-corrected chi connectivity index (χ3v) is 14.1. The molecule has 3 aliphatic rings. The van der Waals surface area contributed by atoms with Gasteiger partial charge in [0.1, 0.15) is 24.6 Å². The van der Waals surface area contributed by atoms with Crippen LogP contribution in [0.25, 0.3) is 21.8 Å². The van der Waals surface area contributed by atoms with E-state index in [0.717, 1.165) is 42.9 Å². The van der Waals surface area contributed by atoms with E-state index in [1.54, 1.807) is 12.1 Å². The molecule has 0 bridgehead atoms. The van der Waals surface area contributed by atoms with E-state index in [9.17, 15) is 9.59 Å². The number of rotatable bonds is 8. The van der Waals surface area contributed by atoms with Crippen LogP contribution in [0, 0.1) is 0 Å². The Balaban J connectivity index is 0.000000170. The van der Waals surface area contributed by atoms with Crippen LogP contribution in [0.2, 0.25) is 0 Å². The summed E-state index contributed by atoms with van der Waals surface area (Å²) in [5, 5.41) is 1.89. The Morgan fingerprint density at radius 1 is 0.493 bits per heavy atom. The maximum atomic E-state index is 12.5. The molecule has 67 heavy (non-hydrogen) atoms. The summed E-state index contributed by atoms with van der Waals surface area (Å²) < 4.78 is 47.9. The van der Waals surface area contributed by atoms with Crippen molar-refractivity contribution in [1.82, 2.24) is 9.97 Å². The van der Waals surface area contributed by atoms with Gasteiger partial charge in [0.25, 0.3) is 0 Å². The molecule has 2 N–H and O–H groups in total. The van der Waals surface area contributed by atoms with Crippen molar-refractivity contribution < 1.29 is 47.0 Å². The van der Waals surface area contributed by atoms with E-state index in [0.29, 0.717) is 11.4 Å². The molecule has 0 saturated carbocycles. The van der Waals surface area contributed by atoms with E-state index in [-0.39, 0.29) is 55.0 Å². The summed E-state index contributed by atoms with van der Waals surface area (Å²) in [4.78, 5) is 30.8. The molecule has 12 nitrogen and oxygen atoms in total. The Morgan fingerprint density at radius 2 is 0.851 bits per heavy atom. The van der Waals surface area contributed by atoms with Crippen LogP contribution >= 0.6 is 15.9 Å². The van der Waals surface area contributed by atoms with Gasteiger partial charge in [-0.15, -0.1) is 0 Å². The SMILES string of the molecule is C.CC1(C)OB(B2OC(C)(C)C(C)(C)O2)OC1(C)C.CC1(C)OB(c2cccc3cc(C(=O)OCc4ccccc4)[nH]c23)OC1(C)C.O=C(OCc1ccccc1)c1cc2cccc(Br)c2[nH]1. The van der Waals surface area contributed by atoms with Gasteiger partial charge >= 0.3 is 33.1 Å². The molecule has 16 heteroatoms. The summed E-state index contributed by atoms with van der Waals surface area (Å²) in [6.07, 6.45) is 0. The molecular formula is C51H64B3BrN2O10. The molecule has 4 aromatic carbocycles. The van der Waals surface area contributed by atoms with Crippen LogP contribution in [0.5, 0.6) is 0 Å². The topological polar surface area (TPSA) is 140 Å². The average molecular weight is 977 g/mol. The number of hydrogen-bond donors (Lipinski definition) is 2. The number of H-pyrrole nitrogens is 2. The summed E-state index contributed by atoms with van der Waals surface area (Å²) >= 11 is 3.45. The van der Waals surface area contributed by atoms with Crippen LogP contribution in [0.3, 0.4) is 0 Å². The number of esters is 2. The number of aromatic nitrogens is 2. The van der Waals surface area contributed by atoms with Crippen molar-refractivity contribution in [3.8, 4) is 0 Å². The standard InChI is InChI=1S/C22H24BNO4.C16H12BrNO2.C12H24B2O4.CH4/c1-21(2)22(3,4)28-23(27-21)17-12-8-11-16-13-18(24-19(16)17)20(25)26-14-15-9-6-5-7-10-15;17-13-8-4-7-12-9-14(18-15(12)13)16(19)20-10-11-5-2-1-3-6-11;1-9(2)10(3,4)16-13(15-9)14-17-11(5,6)12(7,8)18-14;/h5-13,24H,14H2,1-4H3;1-9,18H,10H2;1-8H3;1H4. The van der Waals surface area contributed by atoms with Crippen molar-refractivity contribution in [2.45, 2.75) is 137 Å². The number of ether oxygens (including phenoxy) is 2. The van der Waals surface area contributed by atoms with Crippen molar-refractivity contribution >= 4 is 76.3 Å². The summed E-state index contributed by atoms with van der Waals surface area (Å²) in [5.74, 6) is -0.739. The molecule has 3 fully saturated rings. The predicted octanol–water partition coefficient (Wildman–Crippen LogP) is 11.0. The summed E-state index contributed by atoms with van der Waals surface area (Å²) in [7, 11) is -1.45. The summed E-state index contributed by atoms with van der Waals surface area (Å²) in [6, 6.07) is 34.5. The highest BCUT2D eigenvalue weighted by Crippen LogP contribution is 2.43. The van der Waals surface area contributed by atoms with Crippen LogP contribution in [0.1, 0.15) is 123 Å². The molecule has 3 aliphatic heterocycles. The Labute approximate surface area is 405 Å². The van der Waals surface area contributed by atoms with E-state index in [4.69, 9.17) is 37.4 Å². The van der Waals surface area contributed by atoms with Crippen molar-refractivity contribution in [3.05, 3.63) is 136 Å². The average Bonchev–Trinajstić information content (AvgIpc) is 4.04. The highest BCUT2D eigenvalue weighted by atomic mass is 79.9. The zero-order chi connectivity index (χ0) is 47.9. The maximum Gasteiger partial charge on any atom is 0.497 e. The minimum Gasteiger partial charge on any atom is -0.456 e. The number of benzene rings is 4. The van der Waals surface area contributed by atoms with Gasteiger partial charge in [0.2, 0.25) is 0 Å². The highest BCUT2D eigenvalue weighted by molar-refractivity contribution is 9.10. The fourth-order valence-electron chi connectivity index (χ4n) is 7.29. The lowest BCUT2D eigenvalue weighted by Gasteiger charge is -2.32. The first kappa shape index (κ1) is 51.7. The molecule has 5 heterocycles. The molecular weight excluding hydrogens is 913 g/mol. The second kappa shape index (κ2) is 19.7. The van der Waals surface area contributed by atoms with Crippen molar-refractivity contribution in [2.75, 3.05) is 0 Å². The maximum absolute atomic E-state index is 12.5. The number of para-hydroxylation sites is 2. The second-order valence-electron chi connectivity index (χ2n) is 19.8. The molecule has 0 radical (unpaired) electrons. The molecule has 354 valence electrons. The highest BCUT2D eigenvalue weighted by Gasteiger charge is 2.63. The minimum atomic E-state index is -0.500. The van der Waals surface area contributed by atoms with Crippen molar-refractivity contribution in [1.29, 1.82) is 0 Å². The first-order chi connectivity index (χ1) is 30.9. The summed E-state index contributed by atoms with van der Waals surface area (Å²) in [5.41, 5.74) is 3.10. The van der Waals surface area contributed by atoms with Gasteiger partial charge < -0.3 is 47.4 Å². The molecule has 6 aromatic rings. The van der Waals surface area contributed by atoms with E-state index >= 15 is 0 Å². The lowest BCUT2D eigenvalue weighted by Crippen LogP contribution is -2.41. The van der Waals surface area contributed by atoms with Gasteiger partial charge in [-0.2, -0.15) is 0 Å². The molecule has 0 spiro atoms. The summed E-state index contributed by atoms with van der Waals surface area (Å²) in [6.45, 7) is 24.8. The Hall–Kier alpha value is -4.67. The van der Waals surface area contributed by atoms with Crippen LogP contribution in [0.15, 0.2) is 114 Å². The fourth-order valence-corrected chi connectivity index (χ4v) is 7.77. The molecule has 0 aliphatic carbocycles. The lowest BCUT2D eigenvalue weighted by atomic mass is 9.49. The third kappa shape index (κ3) is 11.3. The van der Waals surface area contributed by atoms with Gasteiger partial charge in [-0.1, -0.05) is 98.4 Å². The normalized spacial score (nSPS) is 19.2. The Morgan fingerprint density at radius 3 is 1.25 bits per heavy atom. The molecule has 0 unspecified atom stereocenters. The van der Waals surface area contributed by atoms with Crippen LogP contribution < -0.4 is 5.46 Å². The minimum absolute atomic E-state index is 0. The van der Waals surface area contributed by atoms with Crippen LogP contribution in [-0.4, -0.2) is 76.6 Å². The van der Waals surface area contributed by atoms with Gasteiger partial charge in [0, 0.05) is 20.8 Å². The zero-order valence-electron chi connectivity index (χ0n) is 40.0. The van der Waals surface area contributed by atoms with Gasteiger partial charge in [-0.25, -0.2) is 9.59 Å². The predicted molar refractivity (Wildman–Crippen MR) is 270 cm³/mol. The number of hydrogen-bond acceptors (Lipinski definition) is 10. The molecule has 0 atom stereocenters. The zero-order valence-corrected chi connectivity index (χ0v) is 41.6. The molecule has 0 amide bonds. The molecule has 3 saturated heterocycles. The van der Waals surface area contributed by atoms with Crippen molar-refractivity contribution in [3.63, 3.8) is 0 Å². The molecule has 9 rings (SSSR count). The van der Waals surface area contributed by atoms with Crippen molar-refractivity contribution in [2.24, 2.45) is 0 Å². The van der Waals surface area contributed by atoms with E-state index in [1.807, 2.05) is 180 Å². The monoisotopic (exact) mass is 976 g/mol. The number of carbonyl (C=O) groups is 2. The van der Waals surface area contributed by atoms with Gasteiger partial charge in [-0.05, 0) is 134 Å². The Bertz CT molecular complexity index is 2580. The van der Waals surface area contributed by atoms with Gasteiger partial charge in [0.05, 0.1) is 39.1 Å². The first-order valence-corrected chi connectivity index (χ1v) is 23.1. The quantitative estimate of drug-likeness (QED) is 0.112. The number of carbonyl (C=O) groups excluding carboxylic acids is 2. The van der Waals surface area contributed by atoms with E-state index < -0.39 is 32.3 Å². The van der Waals surface area contributed by atoms with Gasteiger partial charge in [0.15, 0.2) is 0 Å². The number of fused-ring (bicyclic) bond motifs is 2. The fraction of sp³-hybridized carbons (Fsp3) is 0.412. The number of aromatic amines is 2. The van der Waals surface area contributed by atoms with Crippen LogP contribution in [0.4, 0.5) is 0 Å². The Kier molecular flexibility index (Phi) is 15.2. The van der Waals surface area contributed by atoms with E-state index in [2.05, 4.69) is 25.9 Å². The third-order valence-electron chi connectivity index (χ3n) is 13.4. The molecule has 2 aromatic heterocycles. The second-order valence-corrected chi connectivity index (χ2v) is 20.7. The number of halogens is 1.